The van der Waals surface area contributed by atoms with Gasteiger partial charge in [-0.15, -0.1) is 11.6 Å². The molecule has 2 nitrogen and oxygen atoms in total. The quantitative estimate of drug-likeness (QED) is 0.744. The SMILES string of the molecule is ClCc1cc(OCC2CCCCC2)c2ccccc2n1. The maximum atomic E-state index is 6.10. The molecule has 3 heteroatoms. The van der Waals surface area contributed by atoms with Crippen LogP contribution in [0.1, 0.15) is 37.8 Å². The van der Waals surface area contributed by atoms with E-state index >= 15 is 0 Å². The molecule has 1 saturated carbocycles. The summed E-state index contributed by atoms with van der Waals surface area (Å²) in [4.78, 5) is 4.54. The Labute approximate surface area is 125 Å². The monoisotopic (exact) mass is 289 g/mol. The molecule has 20 heavy (non-hydrogen) atoms. The van der Waals surface area contributed by atoms with E-state index in [1.165, 1.54) is 32.1 Å². The molecule has 0 radical (unpaired) electrons. The predicted molar refractivity (Wildman–Crippen MR) is 83.4 cm³/mol. The lowest BCUT2D eigenvalue weighted by molar-refractivity contribution is 0.210. The second-order valence-electron chi connectivity index (χ2n) is 5.58. The minimum absolute atomic E-state index is 0.421. The third-order valence-electron chi connectivity index (χ3n) is 4.07. The number of pyridine rings is 1. The Bertz CT molecular complexity index is 578. The van der Waals surface area contributed by atoms with Crippen LogP contribution in [0.2, 0.25) is 0 Å². The minimum atomic E-state index is 0.421. The average Bonchev–Trinajstić information content (AvgIpc) is 2.53. The van der Waals surface area contributed by atoms with E-state index in [0.717, 1.165) is 29.0 Å². The number of halogens is 1. The molecule has 0 bridgehead atoms. The fourth-order valence-electron chi connectivity index (χ4n) is 2.94. The van der Waals surface area contributed by atoms with Gasteiger partial charge >= 0.3 is 0 Å². The summed E-state index contributed by atoms with van der Waals surface area (Å²) in [6.07, 6.45) is 6.66. The van der Waals surface area contributed by atoms with Gasteiger partial charge in [-0.25, -0.2) is 0 Å². The Morgan fingerprint density at radius 3 is 2.75 bits per heavy atom. The maximum Gasteiger partial charge on any atom is 0.130 e. The highest BCUT2D eigenvalue weighted by Crippen LogP contribution is 2.29. The molecule has 1 aliphatic carbocycles. The second-order valence-corrected chi connectivity index (χ2v) is 5.84. The normalized spacial score (nSPS) is 16.4. The molecule has 1 heterocycles. The van der Waals surface area contributed by atoms with Crippen LogP contribution in [0.4, 0.5) is 0 Å². The first-order valence-corrected chi connectivity index (χ1v) is 7.97. The fraction of sp³-hybridized carbons (Fsp3) is 0.471. The Morgan fingerprint density at radius 2 is 1.95 bits per heavy atom. The van der Waals surface area contributed by atoms with E-state index in [9.17, 15) is 0 Å². The van der Waals surface area contributed by atoms with E-state index in [-0.39, 0.29) is 0 Å². The Morgan fingerprint density at radius 1 is 1.15 bits per heavy atom. The van der Waals surface area contributed by atoms with E-state index < -0.39 is 0 Å². The number of para-hydroxylation sites is 1. The summed E-state index contributed by atoms with van der Waals surface area (Å²) >= 11 is 5.93. The van der Waals surface area contributed by atoms with Crippen molar-refractivity contribution in [3.63, 3.8) is 0 Å². The molecule has 0 amide bonds. The van der Waals surface area contributed by atoms with Gasteiger partial charge in [0.2, 0.25) is 0 Å². The van der Waals surface area contributed by atoms with Crippen LogP contribution in [0.3, 0.4) is 0 Å². The van der Waals surface area contributed by atoms with Gasteiger partial charge in [0.05, 0.1) is 23.7 Å². The van der Waals surface area contributed by atoms with Crippen molar-refractivity contribution in [2.45, 2.75) is 38.0 Å². The van der Waals surface area contributed by atoms with Crippen molar-refractivity contribution in [1.29, 1.82) is 0 Å². The Balaban J connectivity index is 1.81. The molecule has 1 fully saturated rings. The van der Waals surface area contributed by atoms with Gasteiger partial charge in [0.1, 0.15) is 5.75 Å². The minimum Gasteiger partial charge on any atom is -0.493 e. The van der Waals surface area contributed by atoms with Gasteiger partial charge in [0.25, 0.3) is 0 Å². The molecule has 0 saturated heterocycles. The summed E-state index contributed by atoms with van der Waals surface area (Å²) in [5.74, 6) is 2.05. The smallest absolute Gasteiger partial charge is 0.130 e. The summed E-state index contributed by atoms with van der Waals surface area (Å²) in [5.41, 5.74) is 1.84. The van der Waals surface area contributed by atoms with Gasteiger partial charge in [-0.2, -0.15) is 0 Å². The number of hydrogen-bond acceptors (Lipinski definition) is 2. The summed E-state index contributed by atoms with van der Waals surface area (Å²) in [6.45, 7) is 0.815. The zero-order valence-corrected chi connectivity index (χ0v) is 12.4. The second kappa shape index (κ2) is 6.45. The highest BCUT2D eigenvalue weighted by molar-refractivity contribution is 6.17. The zero-order valence-electron chi connectivity index (χ0n) is 11.6. The van der Waals surface area contributed by atoms with E-state index in [4.69, 9.17) is 16.3 Å². The number of rotatable bonds is 4. The van der Waals surface area contributed by atoms with Crippen molar-refractivity contribution in [2.24, 2.45) is 5.92 Å². The van der Waals surface area contributed by atoms with Gasteiger partial charge < -0.3 is 4.74 Å². The molecule has 1 aromatic heterocycles. The lowest BCUT2D eigenvalue weighted by Gasteiger charge is -2.22. The van der Waals surface area contributed by atoms with Gasteiger partial charge in [0.15, 0.2) is 0 Å². The largest absolute Gasteiger partial charge is 0.493 e. The lowest BCUT2D eigenvalue weighted by atomic mass is 9.90. The average molecular weight is 290 g/mol. The van der Waals surface area contributed by atoms with Crippen LogP contribution in [0.5, 0.6) is 5.75 Å². The van der Waals surface area contributed by atoms with Crippen molar-refractivity contribution >= 4 is 22.5 Å². The van der Waals surface area contributed by atoms with Crippen molar-refractivity contribution in [1.82, 2.24) is 4.98 Å². The molecule has 0 aliphatic heterocycles. The van der Waals surface area contributed by atoms with Gasteiger partial charge in [-0.1, -0.05) is 31.4 Å². The molecule has 0 spiro atoms. The summed E-state index contributed by atoms with van der Waals surface area (Å²) in [7, 11) is 0. The van der Waals surface area contributed by atoms with Crippen LogP contribution in [0.25, 0.3) is 10.9 Å². The molecule has 0 atom stereocenters. The van der Waals surface area contributed by atoms with Crippen LogP contribution in [0.15, 0.2) is 30.3 Å². The molecule has 0 unspecified atom stereocenters. The van der Waals surface area contributed by atoms with Crippen LogP contribution in [-0.4, -0.2) is 11.6 Å². The number of benzene rings is 1. The lowest BCUT2D eigenvalue weighted by Crippen LogP contribution is -2.15. The van der Waals surface area contributed by atoms with Crippen LogP contribution < -0.4 is 4.74 Å². The number of ether oxygens (including phenoxy) is 1. The van der Waals surface area contributed by atoms with Crippen LogP contribution in [-0.2, 0) is 5.88 Å². The standard InChI is InChI=1S/C17H20ClNO/c18-11-14-10-17(15-8-4-5-9-16(15)19-14)20-12-13-6-2-1-3-7-13/h4-5,8-10,13H,1-3,6-7,11-12H2. The Kier molecular flexibility index (Phi) is 4.41. The van der Waals surface area contributed by atoms with Crippen molar-refractivity contribution in [2.75, 3.05) is 6.61 Å². The fourth-order valence-corrected chi connectivity index (χ4v) is 3.08. The highest BCUT2D eigenvalue weighted by Gasteiger charge is 2.15. The van der Waals surface area contributed by atoms with Crippen molar-refractivity contribution in [3.05, 3.63) is 36.0 Å². The third kappa shape index (κ3) is 3.06. The zero-order chi connectivity index (χ0) is 13.8. The molecule has 106 valence electrons. The van der Waals surface area contributed by atoms with Crippen LogP contribution in [0, 0.1) is 5.92 Å². The molecular weight excluding hydrogens is 270 g/mol. The Hall–Kier alpha value is -1.28. The number of fused-ring (bicyclic) bond motifs is 1. The topological polar surface area (TPSA) is 22.1 Å². The summed E-state index contributed by atoms with van der Waals surface area (Å²) < 4.78 is 6.10. The predicted octanol–water partition coefficient (Wildman–Crippen LogP) is 4.93. The number of aromatic nitrogens is 1. The van der Waals surface area contributed by atoms with E-state index in [1.807, 2.05) is 24.3 Å². The summed E-state index contributed by atoms with van der Waals surface area (Å²) in [6, 6.07) is 10.1. The van der Waals surface area contributed by atoms with Crippen molar-refractivity contribution < 1.29 is 4.74 Å². The molecule has 1 aromatic carbocycles. The number of alkyl halides is 1. The van der Waals surface area contributed by atoms with E-state index in [1.54, 1.807) is 0 Å². The molecule has 3 rings (SSSR count). The first-order chi connectivity index (χ1) is 9.86. The van der Waals surface area contributed by atoms with E-state index in [0.29, 0.717) is 11.8 Å². The van der Waals surface area contributed by atoms with E-state index in [2.05, 4.69) is 11.1 Å². The first-order valence-electron chi connectivity index (χ1n) is 7.44. The molecule has 2 aromatic rings. The van der Waals surface area contributed by atoms with Gasteiger partial charge in [-0.05, 0) is 30.9 Å². The third-order valence-corrected chi connectivity index (χ3v) is 4.34. The number of hydrogen-bond donors (Lipinski definition) is 0. The highest BCUT2D eigenvalue weighted by atomic mass is 35.5. The number of nitrogens with zero attached hydrogens (tertiary/aromatic N) is 1. The van der Waals surface area contributed by atoms with Crippen LogP contribution >= 0.6 is 11.6 Å². The van der Waals surface area contributed by atoms with Crippen molar-refractivity contribution in [3.8, 4) is 5.75 Å². The summed E-state index contributed by atoms with van der Waals surface area (Å²) in [5, 5.41) is 1.08. The maximum absolute atomic E-state index is 6.10. The molecule has 1 aliphatic rings. The van der Waals surface area contributed by atoms with Gasteiger partial charge in [0, 0.05) is 11.5 Å². The molecule has 0 N–H and O–H groups in total. The first kappa shape index (κ1) is 13.7. The van der Waals surface area contributed by atoms with Gasteiger partial charge in [-0.3, -0.25) is 4.98 Å². The molecular formula is C17H20ClNO.